The smallest absolute Gasteiger partial charge is 0.269 e. The molecule has 0 atom stereocenters. The maximum atomic E-state index is 10.8. The second-order valence-corrected chi connectivity index (χ2v) is 7.03. The van der Waals surface area contributed by atoms with Gasteiger partial charge in [0.2, 0.25) is 0 Å². The van der Waals surface area contributed by atoms with Gasteiger partial charge in [0.1, 0.15) is 5.15 Å². The molecule has 1 aliphatic heterocycles. The summed E-state index contributed by atoms with van der Waals surface area (Å²) in [4.78, 5) is 19.5. The van der Waals surface area contributed by atoms with Crippen LogP contribution < -0.4 is 4.90 Å². The van der Waals surface area contributed by atoms with Gasteiger partial charge in [-0.3, -0.25) is 15.0 Å². The van der Waals surface area contributed by atoms with Crippen LogP contribution in [0.1, 0.15) is 5.56 Å². The Bertz CT molecular complexity index is 969. The molecule has 2 aromatic carbocycles. The van der Waals surface area contributed by atoms with Crippen LogP contribution in [0.4, 0.5) is 11.4 Å². The number of anilines is 1. The molecule has 138 valence electrons. The summed E-state index contributed by atoms with van der Waals surface area (Å²) in [5.41, 5.74) is 3.09. The van der Waals surface area contributed by atoms with Crippen LogP contribution in [-0.2, 0) is 6.54 Å². The van der Waals surface area contributed by atoms with Gasteiger partial charge in [-0.2, -0.15) is 0 Å². The highest BCUT2D eigenvalue weighted by Gasteiger charge is 2.19. The second-order valence-electron chi connectivity index (χ2n) is 6.67. The van der Waals surface area contributed by atoms with Gasteiger partial charge >= 0.3 is 0 Å². The first-order valence-electron chi connectivity index (χ1n) is 8.86. The summed E-state index contributed by atoms with van der Waals surface area (Å²) in [5, 5.41) is 12.4. The van der Waals surface area contributed by atoms with Crippen LogP contribution >= 0.6 is 11.6 Å². The highest BCUT2D eigenvalue weighted by molar-refractivity contribution is 6.30. The molecular formula is C20H19ClN4O2. The number of halogens is 1. The van der Waals surface area contributed by atoms with Gasteiger partial charge in [0, 0.05) is 61.5 Å². The Balaban J connectivity index is 1.41. The number of aromatic nitrogens is 1. The summed E-state index contributed by atoms with van der Waals surface area (Å²) in [5.74, 6) is 0. The molecule has 3 aromatic rings. The van der Waals surface area contributed by atoms with Gasteiger partial charge in [0.05, 0.1) is 10.4 Å². The molecule has 0 bridgehead atoms. The quantitative estimate of drug-likeness (QED) is 0.386. The predicted octanol–water partition coefficient (Wildman–Crippen LogP) is 4.12. The summed E-state index contributed by atoms with van der Waals surface area (Å²) in [7, 11) is 0. The minimum Gasteiger partial charge on any atom is -0.369 e. The number of rotatable bonds is 4. The SMILES string of the molecule is O=[N+]([O-])c1ccc(N2CCN(Cc3cc4ccccc4nc3Cl)CC2)cc1. The summed E-state index contributed by atoms with van der Waals surface area (Å²) in [6.07, 6.45) is 0. The number of nitro groups is 1. The van der Waals surface area contributed by atoms with E-state index in [2.05, 4.69) is 26.9 Å². The zero-order chi connectivity index (χ0) is 18.8. The van der Waals surface area contributed by atoms with Crippen LogP contribution in [-0.4, -0.2) is 41.0 Å². The number of hydrogen-bond donors (Lipinski definition) is 0. The molecule has 0 amide bonds. The molecule has 0 N–H and O–H groups in total. The van der Waals surface area contributed by atoms with E-state index < -0.39 is 0 Å². The molecule has 1 fully saturated rings. The summed E-state index contributed by atoms with van der Waals surface area (Å²) in [6.45, 7) is 4.32. The standard InChI is InChI=1S/C20H19ClN4O2/c21-20-16(13-15-3-1-2-4-19(15)22-20)14-23-9-11-24(12-10-23)17-5-7-18(8-6-17)25(26)27/h1-8,13H,9-12,14H2. The third-order valence-corrected chi connectivity index (χ3v) is 5.27. The highest BCUT2D eigenvalue weighted by Crippen LogP contribution is 2.24. The van der Waals surface area contributed by atoms with Crippen molar-refractivity contribution in [3.63, 3.8) is 0 Å². The molecule has 6 nitrogen and oxygen atoms in total. The lowest BCUT2D eigenvalue weighted by Gasteiger charge is -2.36. The van der Waals surface area contributed by atoms with Gasteiger partial charge in [0.25, 0.3) is 5.69 Å². The van der Waals surface area contributed by atoms with Crippen molar-refractivity contribution in [2.45, 2.75) is 6.54 Å². The zero-order valence-electron chi connectivity index (χ0n) is 14.7. The van der Waals surface area contributed by atoms with E-state index in [0.29, 0.717) is 5.15 Å². The van der Waals surface area contributed by atoms with Gasteiger partial charge in [-0.15, -0.1) is 0 Å². The van der Waals surface area contributed by atoms with Crippen molar-refractivity contribution in [3.8, 4) is 0 Å². The van der Waals surface area contributed by atoms with Crippen molar-refractivity contribution in [2.24, 2.45) is 0 Å². The monoisotopic (exact) mass is 382 g/mol. The Morgan fingerprint density at radius 1 is 1.04 bits per heavy atom. The molecule has 2 heterocycles. The average Bonchev–Trinajstić information content (AvgIpc) is 2.69. The first-order chi connectivity index (χ1) is 13.1. The van der Waals surface area contributed by atoms with E-state index >= 15 is 0 Å². The molecule has 0 aliphatic carbocycles. The largest absolute Gasteiger partial charge is 0.369 e. The molecule has 4 rings (SSSR count). The maximum absolute atomic E-state index is 10.8. The molecule has 0 spiro atoms. The second kappa shape index (κ2) is 7.50. The Kier molecular flexibility index (Phi) is 4.92. The molecule has 1 aromatic heterocycles. The van der Waals surface area contributed by atoms with Crippen LogP contribution in [0.15, 0.2) is 54.6 Å². The van der Waals surface area contributed by atoms with E-state index in [1.807, 2.05) is 30.3 Å². The molecule has 0 radical (unpaired) electrons. The third kappa shape index (κ3) is 3.86. The van der Waals surface area contributed by atoms with E-state index in [0.717, 1.165) is 54.9 Å². The van der Waals surface area contributed by atoms with Crippen LogP contribution in [0.5, 0.6) is 0 Å². The molecule has 1 saturated heterocycles. The normalized spacial score (nSPS) is 15.2. The molecule has 27 heavy (non-hydrogen) atoms. The van der Waals surface area contributed by atoms with Crippen molar-refractivity contribution < 1.29 is 4.92 Å². The van der Waals surface area contributed by atoms with Crippen molar-refractivity contribution in [1.82, 2.24) is 9.88 Å². The van der Waals surface area contributed by atoms with E-state index in [4.69, 9.17) is 11.6 Å². The third-order valence-electron chi connectivity index (χ3n) is 4.94. The first kappa shape index (κ1) is 17.7. The summed E-state index contributed by atoms with van der Waals surface area (Å²) in [6, 6.07) is 16.9. The van der Waals surface area contributed by atoms with Gasteiger partial charge in [0.15, 0.2) is 0 Å². The number of nitrogens with zero attached hydrogens (tertiary/aromatic N) is 4. The van der Waals surface area contributed by atoms with Gasteiger partial charge in [-0.05, 0) is 24.3 Å². The first-order valence-corrected chi connectivity index (χ1v) is 9.24. The van der Waals surface area contributed by atoms with Gasteiger partial charge < -0.3 is 4.90 Å². The van der Waals surface area contributed by atoms with Gasteiger partial charge in [-0.1, -0.05) is 29.8 Å². The topological polar surface area (TPSA) is 62.5 Å². The van der Waals surface area contributed by atoms with Crippen LogP contribution in [0.3, 0.4) is 0 Å². The molecule has 0 saturated carbocycles. The number of nitro benzene ring substituents is 1. The van der Waals surface area contributed by atoms with Crippen molar-refractivity contribution in [2.75, 3.05) is 31.1 Å². The summed E-state index contributed by atoms with van der Waals surface area (Å²) >= 11 is 6.38. The van der Waals surface area contributed by atoms with E-state index in [1.54, 1.807) is 12.1 Å². The number of para-hydroxylation sites is 1. The van der Waals surface area contributed by atoms with E-state index in [-0.39, 0.29) is 10.6 Å². The average molecular weight is 383 g/mol. The molecule has 7 heteroatoms. The van der Waals surface area contributed by atoms with Crippen LogP contribution in [0, 0.1) is 10.1 Å². The number of benzene rings is 2. The minimum absolute atomic E-state index is 0.121. The van der Waals surface area contributed by atoms with Crippen molar-refractivity contribution in [3.05, 3.63) is 75.4 Å². The Morgan fingerprint density at radius 2 is 1.74 bits per heavy atom. The lowest BCUT2D eigenvalue weighted by atomic mass is 10.1. The fraction of sp³-hybridized carbons (Fsp3) is 0.250. The maximum Gasteiger partial charge on any atom is 0.269 e. The van der Waals surface area contributed by atoms with Crippen LogP contribution in [0.25, 0.3) is 10.9 Å². The number of piperazine rings is 1. The Morgan fingerprint density at radius 3 is 2.44 bits per heavy atom. The number of hydrogen-bond acceptors (Lipinski definition) is 5. The van der Waals surface area contributed by atoms with Crippen LogP contribution in [0.2, 0.25) is 5.15 Å². The lowest BCUT2D eigenvalue weighted by molar-refractivity contribution is -0.384. The number of non-ortho nitro benzene ring substituents is 1. The molecule has 0 unspecified atom stereocenters. The highest BCUT2D eigenvalue weighted by atomic mass is 35.5. The Labute approximate surface area is 162 Å². The minimum atomic E-state index is -0.372. The van der Waals surface area contributed by atoms with Crippen molar-refractivity contribution in [1.29, 1.82) is 0 Å². The number of pyridine rings is 1. The predicted molar refractivity (Wildman–Crippen MR) is 107 cm³/mol. The van der Waals surface area contributed by atoms with E-state index in [9.17, 15) is 10.1 Å². The number of fused-ring (bicyclic) bond motifs is 1. The Hall–Kier alpha value is -2.70. The van der Waals surface area contributed by atoms with E-state index in [1.165, 1.54) is 0 Å². The van der Waals surface area contributed by atoms with Gasteiger partial charge in [-0.25, -0.2) is 4.98 Å². The van der Waals surface area contributed by atoms with Crippen molar-refractivity contribution >= 4 is 33.9 Å². The summed E-state index contributed by atoms with van der Waals surface area (Å²) < 4.78 is 0. The fourth-order valence-corrected chi connectivity index (χ4v) is 3.64. The molecule has 1 aliphatic rings. The molecular weight excluding hydrogens is 364 g/mol. The fourth-order valence-electron chi connectivity index (χ4n) is 3.44. The lowest BCUT2D eigenvalue weighted by Crippen LogP contribution is -2.46. The zero-order valence-corrected chi connectivity index (χ0v) is 15.5.